The predicted octanol–water partition coefficient (Wildman–Crippen LogP) is 3.03. The summed E-state index contributed by atoms with van der Waals surface area (Å²) < 4.78 is 0. The van der Waals surface area contributed by atoms with Gasteiger partial charge in [0.2, 0.25) is 0 Å². The van der Waals surface area contributed by atoms with Crippen LogP contribution in [0.5, 0.6) is 0 Å². The van der Waals surface area contributed by atoms with Crippen molar-refractivity contribution in [2.45, 2.75) is 13.0 Å². The molecule has 6 heteroatoms. The average molecular weight is 417 g/mol. The molecule has 0 aromatic heterocycles. The number of nitro groups is 1. The zero-order valence-electron chi connectivity index (χ0n) is 17.5. The normalized spacial score (nSPS) is 14.6. The molecule has 4 rings (SSSR count). The number of benzene rings is 3. The second kappa shape index (κ2) is 9.10. The van der Waals surface area contributed by atoms with Gasteiger partial charge in [-0.1, -0.05) is 66.7 Å². The highest BCUT2D eigenvalue weighted by molar-refractivity contribution is 5.95. The quantitative estimate of drug-likeness (QED) is 0.514. The molecule has 1 fully saturated rings. The van der Waals surface area contributed by atoms with E-state index in [0.29, 0.717) is 24.2 Å². The second-order valence-corrected chi connectivity index (χ2v) is 7.96. The van der Waals surface area contributed by atoms with Crippen molar-refractivity contribution < 1.29 is 14.6 Å². The van der Waals surface area contributed by atoms with Gasteiger partial charge >= 0.3 is 0 Å². The molecule has 0 bridgehead atoms. The molecular weight excluding hydrogens is 390 g/mol. The molecule has 0 spiro atoms. The first-order valence-corrected chi connectivity index (χ1v) is 10.5. The van der Waals surface area contributed by atoms with E-state index in [9.17, 15) is 14.9 Å². The first kappa shape index (κ1) is 20.8. The lowest BCUT2D eigenvalue weighted by molar-refractivity contribution is -0.929. The number of hydrogen-bond donors (Lipinski definition) is 1. The van der Waals surface area contributed by atoms with Crippen LogP contribution in [0.15, 0.2) is 78.9 Å². The summed E-state index contributed by atoms with van der Waals surface area (Å²) in [5, 5.41) is 11.2. The minimum Gasteiger partial charge on any atom is -0.327 e. The summed E-state index contributed by atoms with van der Waals surface area (Å²) in [6, 6.07) is 25.9. The number of nitro benzene ring substituents is 1. The summed E-state index contributed by atoms with van der Waals surface area (Å²) in [7, 11) is 0. The minimum absolute atomic E-state index is 0.0108. The highest BCUT2D eigenvalue weighted by atomic mass is 16.6. The molecule has 3 aromatic carbocycles. The van der Waals surface area contributed by atoms with E-state index in [2.05, 4.69) is 48.5 Å². The fourth-order valence-electron chi connectivity index (χ4n) is 4.36. The minimum atomic E-state index is -0.432. The summed E-state index contributed by atoms with van der Waals surface area (Å²) in [5.74, 6) is -0.141. The van der Waals surface area contributed by atoms with Gasteiger partial charge in [0.1, 0.15) is 6.04 Å². The number of carbonyl (C=O) groups is 1. The molecule has 0 unspecified atom stereocenters. The molecule has 1 aliphatic rings. The summed E-state index contributed by atoms with van der Waals surface area (Å²) in [5.41, 5.74) is 3.45. The molecule has 1 saturated heterocycles. The van der Waals surface area contributed by atoms with E-state index in [-0.39, 0.29) is 17.6 Å². The second-order valence-electron chi connectivity index (χ2n) is 7.96. The molecule has 1 aliphatic heterocycles. The van der Waals surface area contributed by atoms with Crippen LogP contribution in [0.1, 0.15) is 33.1 Å². The Bertz CT molecular complexity index is 1020. The summed E-state index contributed by atoms with van der Waals surface area (Å²) in [6.07, 6.45) is 0. The van der Waals surface area contributed by atoms with Crippen LogP contribution in [-0.2, 0) is 0 Å². The van der Waals surface area contributed by atoms with Crippen molar-refractivity contribution in [3.63, 3.8) is 0 Å². The van der Waals surface area contributed by atoms with Gasteiger partial charge < -0.3 is 9.80 Å². The number of nitrogens with one attached hydrogen (secondary N) is 1. The topological polar surface area (TPSA) is 67.9 Å². The maximum absolute atomic E-state index is 13.0. The lowest BCUT2D eigenvalue weighted by Crippen LogP contribution is -3.15. The molecule has 158 valence electrons. The van der Waals surface area contributed by atoms with E-state index < -0.39 is 4.92 Å². The number of nitrogens with zero attached hydrogens (tertiary/aromatic N) is 2. The SMILES string of the molecule is Cc1ccc(C(=O)N2CC[NH+](C(c3ccccc3)c3ccccc3)CC2)cc1[N+](=O)[O-]. The Balaban J connectivity index is 1.51. The van der Waals surface area contributed by atoms with E-state index in [1.807, 2.05) is 17.0 Å². The summed E-state index contributed by atoms with van der Waals surface area (Å²) in [4.78, 5) is 27.0. The molecule has 1 N–H and O–H groups in total. The average Bonchev–Trinajstić information content (AvgIpc) is 2.81. The molecule has 0 saturated carbocycles. The van der Waals surface area contributed by atoms with E-state index >= 15 is 0 Å². The Labute approximate surface area is 181 Å². The van der Waals surface area contributed by atoms with E-state index in [1.54, 1.807) is 19.1 Å². The van der Waals surface area contributed by atoms with E-state index in [0.717, 1.165) is 13.1 Å². The number of piperazine rings is 1. The molecule has 1 heterocycles. The van der Waals surface area contributed by atoms with Gasteiger partial charge in [-0.2, -0.15) is 0 Å². The number of hydrogen-bond acceptors (Lipinski definition) is 3. The number of rotatable bonds is 5. The maximum atomic E-state index is 13.0. The zero-order valence-corrected chi connectivity index (χ0v) is 17.5. The third-order valence-corrected chi connectivity index (χ3v) is 6.02. The van der Waals surface area contributed by atoms with Crippen LogP contribution in [0.4, 0.5) is 5.69 Å². The summed E-state index contributed by atoms with van der Waals surface area (Å²) in [6.45, 7) is 4.54. The van der Waals surface area contributed by atoms with Crippen LogP contribution in [0.3, 0.4) is 0 Å². The molecular formula is C25H26N3O3+. The predicted molar refractivity (Wildman–Crippen MR) is 119 cm³/mol. The molecule has 3 aromatic rings. The third-order valence-electron chi connectivity index (χ3n) is 6.02. The third kappa shape index (κ3) is 4.49. The Hall–Kier alpha value is -3.51. The van der Waals surface area contributed by atoms with Gasteiger partial charge in [0.15, 0.2) is 0 Å². The van der Waals surface area contributed by atoms with E-state index in [1.165, 1.54) is 22.1 Å². The first-order valence-electron chi connectivity index (χ1n) is 10.5. The molecule has 6 nitrogen and oxygen atoms in total. The Kier molecular flexibility index (Phi) is 6.09. The fraction of sp³-hybridized carbons (Fsp3) is 0.240. The summed E-state index contributed by atoms with van der Waals surface area (Å²) >= 11 is 0. The number of carbonyl (C=O) groups excluding carboxylic acids is 1. The van der Waals surface area contributed by atoms with Crippen molar-refractivity contribution in [1.29, 1.82) is 0 Å². The van der Waals surface area contributed by atoms with Gasteiger partial charge in [-0.15, -0.1) is 0 Å². The van der Waals surface area contributed by atoms with Gasteiger partial charge in [-0.3, -0.25) is 14.9 Å². The lowest BCUT2D eigenvalue weighted by atomic mass is 9.96. The van der Waals surface area contributed by atoms with Crippen molar-refractivity contribution in [3.8, 4) is 0 Å². The van der Waals surface area contributed by atoms with Crippen molar-refractivity contribution in [2.75, 3.05) is 26.2 Å². The molecule has 0 aliphatic carbocycles. The van der Waals surface area contributed by atoms with Crippen LogP contribution >= 0.6 is 0 Å². The number of aryl methyl sites for hydroxylation is 1. The monoisotopic (exact) mass is 416 g/mol. The fourth-order valence-corrected chi connectivity index (χ4v) is 4.36. The van der Waals surface area contributed by atoms with Gasteiger partial charge in [0.25, 0.3) is 11.6 Å². The highest BCUT2D eigenvalue weighted by Crippen LogP contribution is 2.21. The molecule has 1 amide bonds. The largest absolute Gasteiger partial charge is 0.327 e. The zero-order chi connectivity index (χ0) is 21.8. The lowest BCUT2D eigenvalue weighted by Gasteiger charge is -2.37. The number of quaternary nitrogens is 1. The first-order chi connectivity index (χ1) is 15.0. The van der Waals surface area contributed by atoms with Crippen molar-refractivity contribution in [1.82, 2.24) is 4.90 Å². The maximum Gasteiger partial charge on any atom is 0.273 e. The molecule has 0 radical (unpaired) electrons. The Morgan fingerprint density at radius 3 is 2.00 bits per heavy atom. The smallest absolute Gasteiger partial charge is 0.273 e. The highest BCUT2D eigenvalue weighted by Gasteiger charge is 2.32. The van der Waals surface area contributed by atoms with Gasteiger partial charge in [-0.05, 0) is 13.0 Å². The Morgan fingerprint density at radius 1 is 0.935 bits per heavy atom. The van der Waals surface area contributed by atoms with Crippen LogP contribution in [0.25, 0.3) is 0 Å². The van der Waals surface area contributed by atoms with Crippen LogP contribution in [0, 0.1) is 17.0 Å². The van der Waals surface area contributed by atoms with Crippen molar-refractivity contribution in [2.24, 2.45) is 0 Å². The Morgan fingerprint density at radius 2 is 1.48 bits per heavy atom. The van der Waals surface area contributed by atoms with Gasteiger partial charge in [0.05, 0.1) is 31.1 Å². The van der Waals surface area contributed by atoms with Crippen molar-refractivity contribution >= 4 is 11.6 Å². The van der Waals surface area contributed by atoms with Crippen LogP contribution in [0.2, 0.25) is 0 Å². The van der Waals surface area contributed by atoms with Crippen LogP contribution < -0.4 is 4.90 Å². The molecule has 31 heavy (non-hydrogen) atoms. The van der Waals surface area contributed by atoms with Crippen molar-refractivity contribution in [3.05, 3.63) is 111 Å². The van der Waals surface area contributed by atoms with Crippen LogP contribution in [-0.4, -0.2) is 41.9 Å². The molecule has 0 atom stereocenters. The van der Waals surface area contributed by atoms with Gasteiger partial charge in [0, 0.05) is 28.3 Å². The number of amides is 1. The van der Waals surface area contributed by atoms with E-state index in [4.69, 9.17) is 0 Å². The van der Waals surface area contributed by atoms with Gasteiger partial charge in [-0.25, -0.2) is 0 Å². The standard InChI is InChI=1S/C25H25N3O3/c1-19-12-13-22(18-23(19)28(30)31)25(29)27-16-14-26(15-17-27)24(20-8-4-2-5-9-20)21-10-6-3-7-11-21/h2-13,18,24H,14-17H2,1H3/p+1.